The van der Waals surface area contributed by atoms with E-state index in [9.17, 15) is 0 Å². The third-order valence-electron chi connectivity index (χ3n) is 3.42. The van der Waals surface area contributed by atoms with E-state index >= 15 is 0 Å². The lowest BCUT2D eigenvalue weighted by Gasteiger charge is -2.20. The highest BCUT2D eigenvalue weighted by Gasteiger charge is 2.18. The lowest BCUT2D eigenvalue weighted by molar-refractivity contribution is 0.343. The van der Waals surface area contributed by atoms with Crippen LogP contribution in [0.4, 0.5) is 0 Å². The molecule has 0 radical (unpaired) electrons. The van der Waals surface area contributed by atoms with Crippen LogP contribution in [-0.2, 0) is 13.0 Å². The van der Waals surface area contributed by atoms with Crippen LogP contribution in [0, 0.1) is 5.41 Å². The quantitative estimate of drug-likeness (QED) is 0.723. The Hall–Kier alpha value is -2.16. The Balaban J connectivity index is 2.06. The molecule has 3 rings (SSSR count). The molecule has 3 nitrogen and oxygen atoms in total. The fraction of sp³-hybridized carbons (Fsp3) is 0.333. The normalized spacial score (nSPS) is 12.0. The summed E-state index contributed by atoms with van der Waals surface area (Å²) in [6, 6.07) is 14.5. The number of rotatable bonds is 3. The van der Waals surface area contributed by atoms with E-state index in [1.165, 1.54) is 5.56 Å². The van der Waals surface area contributed by atoms with Crippen molar-refractivity contribution in [1.82, 2.24) is 14.5 Å². The highest BCUT2D eigenvalue weighted by molar-refractivity contribution is 5.71. The van der Waals surface area contributed by atoms with Gasteiger partial charge in [0.2, 0.25) is 0 Å². The Bertz CT molecular complexity index is 736. The van der Waals surface area contributed by atoms with E-state index < -0.39 is 0 Å². The first-order valence-electron chi connectivity index (χ1n) is 7.37. The van der Waals surface area contributed by atoms with E-state index in [-0.39, 0.29) is 5.41 Å². The average molecular weight is 279 g/mol. The Morgan fingerprint density at radius 1 is 1.00 bits per heavy atom. The molecule has 3 heteroatoms. The molecule has 0 aliphatic carbocycles. The molecule has 0 amide bonds. The molecule has 3 aromatic rings. The lowest BCUT2D eigenvalue weighted by Crippen LogP contribution is -2.18. The highest BCUT2D eigenvalue weighted by Crippen LogP contribution is 2.23. The Morgan fingerprint density at radius 2 is 1.76 bits per heavy atom. The molecule has 0 saturated carbocycles. The van der Waals surface area contributed by atoms with Crippen molar-refractivity contribution in [3.63, 3.8) is 0 Å². The van der Waals surface area contributed by atoms with Crippen molar-refractivity contribution in [3.8, 4) is 0 Å². The molecule has 0 atom stereocenters. The van der Waals surface area contributed by atoms with Gasteiger partial charge in [0, 0.05) is 19.2 Å². The van der Waals surface area contributed by atoms with Crippen LogP contribution in [0.5, 0.6) is 0 Å². The van der Waals surface area contributed by atoms with Crippen LogP contribution < -0.4 is 0 Å². The second-order valence-electron chi connectivity index (χ2n) is 6.68. The summed E-state index contributed by atoms with van der Waals surface area (Å²) in [6.07, 6.45) is 2.68. The van der Waals surface area contributed by atoms with Gasteiger partial charge in [0.15, 0.2) is 5.65 Å². The standard InChI is InChI=1S/C18H21N3/c1-18(2,3)13-21-16(12-14-8-5-4-6-9-14)20-15-10-7-11-19-17(15)21/h4-11H,12-13H2,1-3H3. The second-order valence-corrected chi connectivity index (χ2v) is 6.68. The average Bonchev–Trinajstić information content (AvgIpc) is 2.76. The van der Waals surface area contributed by atoms with Crippen LogP contribution in [-0.4, -0.2) is 14.5 Å². The van der Waals surface area contributed by atoms with E-state index in [2.05, 4.69) is 54.6 Å². The molecule has 0 bridgehead atoms. The number of nitrogens with zero attached hydrogens (tertiary/aromatic N) is 3. The van der Waals surface area contributed by atoms with Gasteiger partial charge in [0.25, 0.3) is 0 Å². The molecule has 0 aliphatic rings. The van der Waals surface area contributed by atoms with Crippen molar-refractivity contribution in [3.05, 3.63) is 60.0 Å². The zero-order chi connectivity index (χ0) is 14.9. The van der Waals surface area contributed by atoms with Gasteiger partial charge < -0.3 is 4.57 Å². The van der Waals surface area contributed by atoms with Crippen molar-refractivity contribution in [2.45, 2.75) is 33.7 Å². The van der Waals surface area contributed by atoms with Crippen LogP contribution in [0.1, 0.15) is 32.2 Å². The summed E-state index contributed by atoms with van der Waals surface area (Å²) < 4.78 is 2.27. The predicted octanol–water partition coefficient (Wildman–Crippen LogP) is 4.07. The van der Waals surface area contributed by atoms with Gasteiger partial charge in [-0.2, -0.15) is 0 Å². The van der Waals surface area contributed by atoms with Gasteiger partial charge in [-0.15, -0.1) is 0 Å². The zero-order valence-electron chi connectivity index (χ0n) is 12.9. The number of aromatic nitrogens is 3. The molecular weight excluding hydrogens is 258 g/mol. The maximum absolute atomic E-state index is 4.79. The van der Waals surface area contributed by atoms with Crippen molar-refractivity contribution >= 4 is 11.2 Å². The number of benzene rings is 1. The number of hydrogen-bond donors (Lipinski definition) is 0. The minimum Gasteiger partial charge on any atom is -0.312 e. The minimum absolute atomic E-state index is 0.191. The summed E-state index contributed by atoms with van der Waals surface area (Å²) in [5.41, 5.74) is 3.44. The van der Waals surface area contributed by atoms with E-state index in [0.29, 0.717) is 0 Å². The van der Waals surface area contributed by atoms with Crippen LogP contribution >= 0.6 is 0 Å². The number of imidazole rings is 1. The van der Waals surface area contributed by atoms with Crippen LogP contribution in [0.15, 0.2) is 48.7 Å². The van der Waals surface area contributed by atoms with Crippen LogP contribution in [0.2, 0.25) is 0 Å². The van der Waals surface area contributed by atoms with E-state index in [4.69, 9.17) is 4.98 Å². The predicted molar refractivity (Wildman–Crippen MR) is 86.2 cm³/mol. The molecule has 21 heavy (non-hydrogen) atoms. The van der Waals surface area contributed by atoms with E-state index in [1.807, 2.05) is 24.4 Å². The summed E-state index contributed by atoms with van der Waals surface area (Å²) in [6.45, 7) is 7.65. The monoisotopic (exact) mass is 279 g/mol. The van der Waals surface area contributed by atoms with Crippen LogP contribution in [0.3, 0.4) is 0 Å². The summed E-state index contributed by atoms with van der Waals surface area (Å²) >= 11 is 0. The van der Waals surface area contributed by atoms with Crippen molar-refractivity contribution < 1.29 is 0 Å². The first-order chi connectivity index (χ1) is 10.0. The van der Waals surface area contributed by atoms with Gasteiger partial charge in [-0.05, 0) is 23.1 Å². The molecule has 0 N–H and O–H groups in total. The molecule has 0 unspecified atom stereocenters. The third-order valence-corrected chi connectivity index (χ3v) is 3.42. The topological polar surface area (TPSA) is 30.7 Å². The van der Waals surface area contributed by atoms with Gasteiger partial charge >= 0.3 is 0 Å². The fourth-order valence-corrected chi connectivity index (χ4v) is 2.56. The summed E-state index contributed by atoms with van der Waals surface area (Å²) in [5, 5.41) is 0. The first kappa shape index (κ1) is 13.8. The number of hydrogen-bond acceptors (Lipinski definition) is 2. The molecule has 0 aliphatic heterocycles. The first-order valence-corrected chi connectivity index (χ1v) is 7.37. The Labute approximate surface area is 125 Å². The SMILES string of the molecule is CC(C)(C)Cn1c(Cc2ccccc2)nc2cccnc21. The molecule has 0 saturated heterocycles. The van der Waals surface area contributed by atoms with E-state index in [1.54, 1.807) is 0 Å². The van der Waals surface area contributed by atoms with Gasteiger partial charge in [-0.3, -0.25) is 0 Å². The van der Waals surface area contributed by atoms with Crippen molar-refractivity contribution in [2.24, 2.45) is 5.41 Å². The van der Waals surface area contributed by atoms with Gasteiger partial charge in [0.1, 0.15) is 11.3 Å². The highest BCUT2D eigenvalue weighted by atomic mass is 15.1. The largest absolute Gasteiger partial charge is 0.312 e. The fourth-order valence-electron chi connectivity index (χ4n) is 2.56. The maximum Gasteiger partial charge on any atom is 0.160 e. The Morgan fingerprint density at radius 3 is 2.48 bits per heavy atom. The van der Waals surface area contributed by atoms with Gasteiger partial charge in [0.05, 0.1) is 0 Å². The summed E-state index contributed by atoms with van der Waals surface area (Å²) in [5.74, 6) is 1.09. The smallest absolute Gasteiger partial charge is 0.160 e. The number of fused-ring (bicyclic) bond motifs is 1. The molecule has 0 spiro atoms. The second kappa shape index (κ2) is 5.32. The number of pyridine rings is 1. The molecule has 1 aromatic carbocycles. The minimum atomic E-state index is 0.191. The van der Waals surface area contributed by atoms with E-state index in [0.717, 1.165) is 30.0 Å². The van der Waals surface area contributed by atoms with Gasteiger partial charge in [-0.1, -0.05) is 51.1 Å². The van der Waals surface area contributed by atoms with Crippen molar-refractivity contribution in [1.29, 1.82) is 0 Å². The third kappa shape index (κ3) is 3.13. The molecule has 2 aromatic heterocycles. The summed E-state index contributed by atoms with van der Waals surface area (Å²) in [7, 11) is 0. The molecule has 0 fully saturated rings. The van der Waals surface area contributed by atoms with Crippen LogP contribution in [0.25, 0.3) is 11.2 Å². The molecule has 108 valence electrons. The van der Waals surface area contributed by atoms with Crippen molar-refractivity contribution in [2.75, 3.05) is 0 Å². The molecular formula is C18H21N3. The van der Waals surface area contributed by atoms with Gasteiger partial charge in [-0.25, -0.2) is 9.97 Å². The molecule has 2 heterocycles. The Kier molecular flexibility index (Phi) is 3.50. The maximum atomic E-state index is 4.79. The lowest BCUT2D eigenvalue weighted by atomic mass is 9.96. The zero-order valence-corrected chi connectivity index (χ0v) is 12.9. The summed E-state index contributed by atoms with van der Waals surface area (Å²) in [4.78, 5) is 9.32.